The van der Waals surface area contributed by atoms with E-state index in [9.17, 15) is 9.59 Å². The molecular weight excluding hydrogens is 330 g/mol. The summed E-state index contributed by atoms with van der Waals surface area (Å²) in [4.78, 5) is 37.5. The Labute approximate surface area is 148 Å². The third-order valence-electron chi connectivity index (χ3n) is 4.89. The summed E-state index contributed by atoms with van der Waals surface area (Å²) in [6.45, 7) is 0. The molecule has 7 nitrogen and oxygen atoms in total. The normalized spacial score (nSPS) is 28.7. The minimum absolute atomic E-state index is 0.0609. The molecule has 1 aliphatic carbocycles. The molecule has 3 aliphatic rings. The van der Waals surface area contributed by atoms with Crippen molar-refractivity contribution in [1.29, 1.82) is 0 Å². The lowest BCUT2D eigenvalue weighted by molar-refractivity contribution is -0.124. The summed E-state index contributed by atoms with van der Waals surface area (Å²) in [5.41, 5.74) is -0.253. The molecule has 2 heterocycles. The second-order valence-corrected chi connectivity index (χ2v) is 6.62. The van der Waals surface area contributed by atoms with Gasteiger partial charge in [0.15, 0.2) is 5.84 Å². The summed E-state index contributed by atoms with van der Waals surface area (Å²) >= 11 is 0. The number of nitrogens with one attached hydrogen (secondary N) is 2. The quantitative estimate of drug-likeness (QED) is 0.844. The first-order valence-corrected chi connectivity index (χ1v) is 8.47. The van der Waals surface area contributed by atoms with Crippen LogP contribution in [0.4, 0.5) is 4.79 Å². The van der Waals surface area contributed by atoms with Gasteiger partial charge in [-0.15, -0.1) is 0 Å². The van der Waals surface area contributed by atoms with Gasteiger partial charge in [-0.25, -0.2) is 14.8 Å². The number of rotatable bonds is 3. The van der Waals surface area contributed by atoms with E-state index in [0.717, 1.165) is 6.42 Å². The maximum Gasteiger partial charge on any atom is 0.349 e. The number of imide groups is 1. The molecule has 3 unspecified atom stereocenters. The average Bonchev–Trinajstić information content (AvgIpc) is 3.41. The maximum atomic E-state index is 12.7. The van der Waals surface area contributed by atoms with E-state index in [2.05, 4.69) is 37.7 Å². The molecule has 2 aromatic rings. The summed E-state index contributed by atoms with van der Waals surface area (Å²) < 4.78 is 0. The largest absolute Gasteiger partial charge is 0.349 e. The van der Waals surface area contributed by atoms with Crippen LogP contribution in [0, 0.1) is 0 Å². The van der Waals surface area contributed by atoms with Gasteiger partial charge in [-0.2, -0.15) is 4.99 Å². The maximum absolute atomic E-state index is 12.7. The third-order valence-corrected chi connectivity index (χ3v) is 4.89. The van der Waals surface area contributed by atoms with Crippen LogP contribution in [0.3, 0.4) is 0 Å². The highest BCUT2D eigenvalue weighted by molar-refractivity contribution is 6.22. The fourth-order valence-corrected chi connectivity index (χ4v) is 3.50. The molecule has 0 spiro atoms. The number of hydrogen-bond acceptors (Lipinski definition) is 5. The lowest BCUT2D eigenvalue weighted by atomic mass is 10.0. The molecule has 0 saturated heterocycles. The Kier molecular flexibility index (Phi) is 3.14. The van der Waals surface area contributed by atoms with Crippen molar-refractivity contribution in [3.63, 3.8) is 0 Å². The zero-order chi connectivity index (χ0) is 17.7. The van der Waals surface area contributed by atoms with E-state index in [4.69, 9.17) is 0 Å². The number of amidine groups is 1. The van der Waals surface area contributed by atoms with E-state index in [1.165, 1.54) is 5.56 Å². The molecule has 0 bridgehead atoms. The van der Waals surface area contributed by atoms with Gasteiger partial charge in [-0.05, 0) is 24.1 Å². The SMILES string of the molecule is O=C1N=C2N=c3ccccc3=NC2(NC2CC2c2ccccc2)C(=O)N1. The zero-order valence-electron chi connectivity index (χ0n) is 13.7. The molecule has 2 aromatic carbocycles. The van der Waals surface area contributed by atoms with Crippen molar-refractivity contribution >= 4 is 17.8 Å². The van der Waals surface area contributed by atoms with E-state index in [0.29, 0.717) is 16.6 Å². The molecule has 2 aliphatic heterocycles. The molecular formula is C19H15N5O2. The van der Waals surface area contributed by atoms with Gasteiger partial charge < -0.3 is 0 Å². The van der Waals surface area contributed by atoms with Crippen LogP contribution >= 0.6 is 0 Å². The topological polar surface area (TPSA) is 95.3 Å². The molecule has 7 heteroatoms. The second-order valence-electron chi connectivity index (χ2n) is 6.62. The minimum Gasteiger partial charge on any atom is -0.275 e. The van der Waals surface area contributed by atoms with E-state index in [1.54, 1.807) is 12.1 Å². The van der Waals surface area contributed by atoms with Crippen LogP contribution < -0.4 is 21.3 Å². The number of para-hydroxylation sites is 2. The monoisotopic (exact) mass is 345 g/mol. The Morgan fingerprint density at radius 2 is 1.69 bits per heavy atom. The van der Waals surface area contributed by atoms with Crippen LogP contribution in [0.15, 0.2) is 69.6 Å². The first kappa shape index (κ1) is 15.1. The van der Waals surface area contributed by atoms with Crippen LogP contribution in [0.25, 0.3) is 0 Å². The van der Waals surface area contributed by atoms with Crippen molar-refractivity contribution in [3.8, 4) is 0 Å². The van der Waals surface area contributed by atoms with Crippen molar-refractivity contribution in [2.24, 2.45) is 15.0 Å². The smallest absolute Gasteiger partial charge is 0.275 e. The number of carbonyl (C=O) groups excluding carboxylic acids is 2. The van der Waals surface area contributed by atoms with Crippen LogP contribution in [-0.4, -0.2) is 29.5 Å². The van der Waals surface area contributed by atoms with E-state index >= 15 is 0 Å². The Hall–Kier alpha value is -3.19. The highest BCUT2D eigenvalue weighted by Crippen LogP contribution is 2.42. The molecule has 3 amide bonds. The summed E-state index contributed by atoms with van der Waals surface area (Å²) in [7, 11) is 0. The number of benzene rings is 2. The van der Waals surface area contributed by atoms with Crippen LogP contribution in [0.2, 0.25) is 0 Å². The lowest BCUT2D eigenvalue weighted by Gasteiger charge is -2.32. The number of amides is 3. The zero-order valence-corrected chi connectivity index (χ0v) is 13.7. The van der Waals surface area contributed by atoms with Crippen molar-refractivity contribution in [3.05, 3.63) is 70.9 Å². The van der Waals surface area contributed by atoms with Gasteiger partial charge in [-0.3, -0.25) is 15.4 Å². The van der Waals surface area contributed by atoms with Crippen molar-refractivity contribution < 1.29 is 9.59 Å². The Bertz CT molecular complexity index is 1080. The average molecular weight is 345 g/mol. The first-order valence-electron chi connectivity index (χ1n) is 8.47. The molecule has 1 saturated carbocycles. The highest BCUT2D eigenvalue weighted by Gasteiger charge is 2.54. The first-order chi connectivity index (χ1) is 12.7. The molecule has 2 N–H and O–H groups in total. The minimum atomic E-state index is -1.46. The van der Waals surface area contributed by atoms with E-state index in [-0.39, 0.29) is 11.9 Å². The molecule has 3 atom stereocenters. The highest BCUT2D eigenvalue weighted by atomic mass is 16.2. The van der Waals surface area contributed by atoms with Crippen LogP contribution in [0.5, 0.6) is 0 Å². The molecule has 128 valence electrons. The number of urea groups is 1. The second kappa shape index (κ2) is 5.40. The van der Waals surface area contributed by atoms with Crippen molar-refractivity contribution in [2.75, 3.05) is 0 Å². The lowest BCUT2D eigenvalue weighted by Crippen LogP contribution is -2.67. The fraction of sp³-hybridized carbons (Fsp3) is 0.211. The summed E-state index contributed by atoms with van der Waals surface area (Å²) in [5.74, 6) is -0.141. The van der Waals surface area contributed by atoms with Crippen LogP contribution in [-0.2, 0) is 4.79 Å². The van der Waals surface area contributed by atoms with Gasteiger partial charge in [0, 0.05) is 12.0 Å². The molecule has 5 rings (SSSR count). The van der Waals surface area contributed by atoms with E-state index < -0.39 is 17.6 Å². The van der Waals surface area contributed by atoms with Gasteiger partial charge in [-0.1, -0.05) is 42.5 Å². The number of nitrogens with zero attached hydrogens (tertiary/aromatic N) is 3. The predicted octanol–water partition coefficient (Wildman–Crippen LogP) is 0.430. The third kappa shape index (κ3) is 2.28. The standard InChI is InChI=1S/C19H15N5O2/c25-17-19(24-15-10-12(15)11-6-2-1-3-7-11)16(21-18(26)22-17)20-13-8-4-5-9-14(13)23-19/h1-9,12,15,24H,10H2,(H,22,25,26). The van der Waals surface area contributed by atoms with Crippen molar-refractivity contribution in [1.82, 2.24) is 10.6 Å². The van der Waals surface area contributed by atoms with Gasteiger partial charge >= 0.3 is 6.03 Å². The molecule has 0 radical (unpaired) electrons. The Balaban J connectivity index is 1.56. The Morgan fingerprint density at radius 1 is 0.962 bits per heavy atom. The Morgan fingerprint density at radius 3 is 2.50 bits per heavy atom. The fourth-order valence-electron chi connectivity index (χ4n) is 3.50. The van der Waals surface area contributed by atoms with Crippen molar-refractivity contribution in [2.45, 2.75) is 24.0 Å². The number of carbonyl (C=O) groups is 2. The molecule has 26 heavy (non-hydrogen) atoms. The summed E-state index contributed by atoms with van der Waals surface area (Å²) in [6.07, 6.45) is 0.886. The van der Waals surface area contributed by atoms with Gasteiger partial charge in [0.2, 0.25) is 0 Å². The molecule has 0 aromatic heterocycles. The molecule has 1 fully saturated rings. The van der Waals surface area contributed by atoms with Gasteiger partial charge in [0.05, 0.1) is 10.7 Å². The summed E-state index contributed by atoms with van der Waals surface area (Å²) in [5, 5.41) is 6.77. The number of hydrogen-bond donors (Lipinski definition) is 2. The number of fused-ring (bicyclic) bond motifs is 2. The predicted molar refractivity (Wildman–Crippen MR) is 93.2 cm³/mol. The van der Waals surface area contributed by atoms with Crippen LogP contribution in [0.1, 0.15) is 17.9 Å². The van der Waals surface area contributed by atoms with E-state index in [1.807, 2.05) is 30.3 Å². The number of aliphatic imine (C=N–C) groups is 1. The van der Waals surface area contributed by atoms with Gasteiger partial charge in [0.25, 0.3) is 11.6 Å². The summed E-state index contributed by atoms with van der Waals surface area (Å²) in [6, 6.07) is 16.7. The van der Waals surface area contributed by atoms with Gasteiger partial charge in [0.1, 0.15) is 0 Å².